The van der Waals surface area contributed by atoms with Crippen molar-refractivity contribution in [3.05, 3.63) is 100 Å². The second-order valence-corrected chi connectivity index (χ2v) is 20.8. The molecule has 1 spiro atoms. The van der Waals surface area contributed by atoms with Crippen LogP contribution in [0.2, 0.25) is 5.02 Å². The van der Waals surface area contributed by atoms with Gasteiger partial charge < -0.3 is 49.5 Å². The lowest BCUT2D eigenvalue weighted by Crippen LogP contribution is -2.81. The molecule has 366 valence electrons. The number of nitrogens with zero attached hydrogens (tertiary/aromatic N) is 3. The van der Waals surface area contributed by atoms with Crippen LogP contribution in [0.5, 0.6) is 5.75 Å². The molecule has 6 heterocycles. The SMILES string of the molecule is CC[C@]1(NC(=O)Nc2ccc(Cl)cc2)C[C@@H]2CN(CCc3c([nH]c4ccccc34)[C@@](C(=O)OC)(c3cc4c(cc3OC)N(C)[C@H]3[C@@](O)(C(=O)OC)[C@H](OC(C)=O)[C@]5(CC)C=CCN6CC[C@]43[C@@H]65)C2)C1. The minimum atomic E-state index is -2.34. The molecule has 0 radical (unpaired) electrons. The summed E-state index contributed by atoms with van der Waals surface area (Å²) < 4.78 is 24.2. The Morgan fingerprint density at radius 1 is 0.928 bits per heavy atom. The number of aromatic amines is 1. The van der Waals surface area contributed by atoms with E-state index >= 15 is 4.79 Å². The Kier molecular flexibility index (Phi) is 11.6. The lowest BCUT2D eigenvalue weighted by molar-refractivity contribution is -0.228. The molecule has 1 aromatic heterocycles. The van der Waals surface area contributed by atoms with Crippen molar-refractivity contribution in [2.45, 2.75) is 99.5 Å². The summed E-state index contributed by atoms with van der Waals surface area (Å²) in [6.45, 7) is 8.60. The van der Waals surface area contributed by atoms with E-state index < -0.39 is 57.4 Å². The largest absolute Gasteiger partial charge is 0.496 e. The Morgan fingerprint density at radius 3 is 2.38 bits per heavy atom. The maximum absolute atomic E-state index is 15.7. The Labute approximate surface area is 407 Å². The third kappa shape index (κ3) is 6.77. The number of likely N-dealkylation sites (N-methyl/N-ethyl adjacent to an activating group) is 1. The molecule has 2 amide bonds. The van der Waals surface area contributed by atoms with Gasteiger partial charge in [-0.1, -0.05) is 55.8 Å². The van der Waals surface area contributed by atoms with Crippen molar-refractivity contribution in [1.29, 1.82) is 0 Å². The zero-order valence-corrected chi connectivity index (χ0v) is 41.2. The summed E-state index contributed by atoms with van der Waals surface area (Å²) in [7, 11) is 6.14. The summed E-state index contributed by atoms with van der Waals surface area (Å²) in [5, 5.41) is 21.4. The van der Waals surface area contributed by atoms with Crippen molar-refractivity contribution in [3.8, 4) is 5.75 Å². The number of rotatable bonds is 9. The number of hydrogen-bond donors (Lipinski definition) is 4. The molecule has 3 aromatic carbocycles. The average molecular weight is 964 g/mol. The number of benzene rings is 3. The summed E-state index contributed by atoms with van der Waals surface area (Å²) in [4.78, 5) is 67.8. The zero-order valence-electron chi connectivity index (χ0n) is 40.4. The van der Waals surface area contributed by atoms with Crippen LogP contribution < -0.4 is 20.3 Å². The van der Waals surface area contributed by atoms with Gasteiger partial charge in [0.05, 0.1) is 32.9 Å². The van der Waals surface area contributed by atoms with Gasteiger partial charge in [0, 0.05) is 102 Å². The van der Waals surface area contributed by atoms with Crippen molar-refractivity contribution in [3.63, 3.8) is 0 Å². The highest BCUT2D eigenvalue weighted by Gasteiger charge is 2.80. The highest BCUT2D eigenvalue weighted by molar-refractivity contribution is 6.30. The Morgan fingerprint density at radius 2 is 1.68 bits per heavy atom. The molecule has 10 rings (SSSR count). The molecular weight excluding hydrogens is 900 g/mol. The molecule has 4 N–H and O–H groups in total. The van der Waals surface area contributed by atoms with Crippen molar-refractivity contribution < 1.29 is 43.2 Å². The van der Waals surface area contributed by atoms with Crippen molar-refractivity contribution in [2.75, 3.05) is 71.3 Å². The fourth-order valence-electron chi connectivity index (χ4n) is 14.6. The molecule has 69 heavy (non-hydrogen) atoms. The predicted octanol–water partition coefficient (Wildman–Crippen LogP) is 6.47. The van der Waals surface area contributed by atoms with Crippen LogP contribution in [-0.4, -0.2) is 134 Å². The van der Waals surface area contributed by atoms with Crippen LogP contribution in [-0.2, 0) is 45.8 Å². The number of anilines is 2. The van der Waals surface area contributed by atoms with E-state index in [0.29, 0.717) is 86.9 Å². The lowest BCUT2D eigenvalue weighted by atomic mass is 9.47. The second-order valence-electron chi connectivity index (χ2n) is 20.3. The van der Waals surface area contributed by atoms with Crippen molar-refractivity contribution in [1.82, 2.24) is 20.1 Å². The number of para-hydroxylation sites is 1. The van der Waals surface area contributed by atoms with E-state index in [-0.39, 0.29) is 24.4 Å². The van der Waals surface area contributed by atoms with Crippen LogP contribution >= 0.6 is 11.6 Å². The van der Waals surface area contributed by atoms with Gasteiger partial charge in [-0.3, -0.25) is 14.5 Å². The Bertz CT molecular complexity index is 2760. The minimum Gasteiger partial charge on any atom is -0.496 e. The third-order valence-electron chi connectivity index (χ3n) is 17.1. The summed E-state index contributed by atoms with van der Waals surface area (Å²) in [6, 6.07) is 17.5. The predicted molar refractivity (Wildman–Crippen MR) is 262 cm³/mol. The standard InChI is InChI=1S/C53H63ClN6O9/c1-8-49(57-48(64)55-34-17-15-33(54)16-18-34)27-32-28-52(46(62)67-6,42-36(19-23-59(29-32)30-49)35-13-10-11-14-39(35)56-42)38-25-37-40(26-41(38)66-5)58(4)44-51(37)21-24-60-22-12-20-50(9-2,43(51)60)45(69-31(3)61)53(44,65)47(63)68-7/h10-18,20,25-26,32,43-45,56,65H,8-9,19,21-24,27-30H2,1-7H3,(H2,55,57,64)/t32-,43-,44+,45+,49-,50+,51+,52-,53-/m0/s1. The molecule has 3 fully saturated rings. The van der Waals surface area contributed by atoms with Gasteiger partial charge >= 0.3 is 23.9 Å². The van der Waals surface area contributed by atoms with Gasteiger partial charge in [0.15, 0.2) is 6.10 Å². The highest BCUT2D eigenvalue weighted by Crippen LogP contribution is 2.68. The van der Waals surface area contributed by atoms with Gasteiger partial charge in [0.25, 0.3) is 0 Å². The van der Waals surface area contributed by atoms with Crippen LogP contribution in [0.15, 0.2) is 72.8 Å². The van der Waals surface area contributed by atoms with E-state index in [1.165, 1.54) is 21.1 Å². The maximum atomic E-state index is 15.7. The fourth-order valence-corrected chi connectivity index (χ4v) is 14.8. The third-order valence-corrected chi connectivity index (χ3v) is 17.4. The number of aromatic nitrogens is 1. The number of methoxy groups -OCH3 is 3. The second kappa shape index (κ2) is 17.1. The topological polar surface area (TPSA) is 175 Å². The number of carbonyl (C=O) groups is 4. The Hall–Kier alpha value is -5.61. The average Bonchev–Trinajstić information content (AvgIpc) is 4.01. The molecule has 2 saturated heterocycles. The minimum absolute atomic E-state index is 0.153. The number of fused-ring (bicyclic) bond motifs is 6. The molecule has 1 unspecified atom stereocenters. The van der Waals surface area contributed by atoms with E-state index in [0.717, 1.165) is 33.4 Å². The number of ether oxygens (including phenoxy) is 4. The number of hydrogen-bond acceptors (Lipinski definition) is 12. The molecule has 1 saturated carbocycles. The normalized spacial score (nSPS) is 33.1. The molecule has 6 aliphatic rings. The summed E-state index contributed by atoms with van der Waals surface area (Å²) >= 11 is 6.16. The number of urea groups is 1. The van der Waals surface area contributed by atoms with Gasteiger partial charge in [-0.2, -0.15) is 0 Å². The number of carbonyl (C=O) groups excluding carboxylic acids is 4. The van der Waals surface area contributed by atoms with Gasteiger partial charge in [-0.15, -0.1) is 0 Å². The number of nitrogens with one attached hydrogen (secondary N) is 3. The number of aliphatic hydroxyl groups is 1. The Balaban J connectivity index is 1.19. The monoisotopic (exact) mass is 962 g/mol. The molecule has 1 aliphatic carbocycles. The van der Waals surface area contributed by atoms with Gasteiger partial charge in [0.2, 0.25) is 5.60 Å². The molecule has 2 bridgehead atoms. The van der Waals surface area contributed by atoms with Crippen molar-refractivity contribution in [2.24, 2.45) is 11.3 Å². The number of piperidine rings is 1. The van der Waals surface area contributed by atoms with Gasteiger partial charge in [-0.05, 0) is 98.5 Å². The number of esters is 3. The number of amides is 2. The number of halogens is 1. The zero-order chi connectivity index (χ0) is 48.8. The van der Waals surface area contributed by atoms with E-state index in [9.17, 15) is 19.5 Å². The van der Waals surface area contributed by atoms with Crippen LogP contribution in [0.1, 0.15) is 75.3 Å². The van der Waals surface area contributed by atoms with E-state index in [1.54, 1.807) is 31.4 Å². The lowest BCUT2D eigenvalue weighted by Gasteiger charge is -2.63. The van der Waals surface area contributed by atoms with Crippen LogP contribution in [0.25, 0.3) is 10.9 Å². The quantitative estimate of drug-likeness (QED) is 0.0819. The highest BCUT2D eigenvalue weighted by atomic mass is 35.5. The van der Waals surface area contributed by atoms with E-state index in [4.69, 9.17) is 30.5 Å². The summed E-state index contributed by atoms with van der Waals surface area (Å²) in [6.07, 6.45) is 5.87. The van der Waals surface area contributed by atoms with Crippen LogP contribution in [0.4, 0.5) is 16.2 Å². The maximum Gasteiger partial charge on any atom is 0.344 e. The molecule has 10 atom stereocenters. The first-order valence-corrected chi connectivity index (χ1v) is 24.6. The molecular formula is C53H63ClN6O9. The molecule has 15 nitrogen and oxygen atoms in total. The summed E-state index contributed by atoms with van der Waals surface area (Å²) in [5.74, 6) is -1.70. The molecule has 5 aliphatic heterocycles. The van der Waals surface area contributed by atoms with Gasteiger partial charge in [-0.25, -0.2) is 9.59 Å². The van der Waals surface area contributed by atoms with Crippen molar-refractivity contribution >= 4 is 57.8 Å². The fraction of sp³-hybridized carbons (Fsp3) is 0.509. The van der Waals surface area contributed by atoms with E-state index in [1.807, 2.05) is 55.3 Å². The summed E-state index contributed by atoms with van der Waals surface area (Å²) in [5.41, 5.74) is -1.09. The molecule has 16 heteroatoms. The first kappa shape index (κ1) is 47.1. The van der Waals surface area contributed by atoms with Crippen LogP contribution in [0, 0.1) is 11.3 Å². The van der Waals surface area contributed by atoms with Gasteiger partial charge in [0.1, 0.15) is 11.2 Å². The molecule has 4 aromatic rings. The first-order valence-electron chi connectivity index (χ1n) is 24.2. The number of H-pyrrole nitrogens is 1. The van der Waals surface area contributed by atoms with E-state index in [2.05, 4.69) is 44.5 Å². The van der Waals surface area contributed by atoms with Crippen LogP contribution in [0.3, 0.4) is 0 Å². The first-order chi connectivity index (χ1) is 33.1. The smallest absolute Gasteiger partial charge is 0.344 e.